The van der Waals surface area contributed by atoms with Crippen LogP contribution in [-0.4, -0.2) is 17.6 Å². The van der Waals surface area contributed by atoms with Crippen molar-refractivity contribution in [2.75, 3.05) is 6.54 Å². The minimum atomic E-state index is 0.0299. The number of para-hydroxylation sites is 1. The van der Waals surface area contributed by atoms with Crippen LogP contribution in [0.15, 0.2) is 23.7 Å². The molecule has 2 rings (SSSR count). The Balaban J connectivity index is 2.36. The maximum atomic E-state index is 5.65. The van der Waals surface area contributed by atoms with Crippen LogP contribution in [0.25, 0.3) is 10.2 Å². The van der Waals surface area contributed by atoms with Gasteiger partial charge in [-0.15, -0.1) is 11.3 Å². The van der Waals surface area contributed by atoms with Crippen molar-refractivity contribution in [2.24, 2.45) is 5.73 Å². The van der Waals surface area contributed by atoms with Crippen LogP contribution in [0.2, 0.25) is 0 Å². The Hall–Kier alpha value is -1.13. The van der Waals surface area contributed by atoms with Crippen LogP contribution in [0.4, 0.5) is 0 Å². The summed E-state index contributed by atoms with van der Waals surface area (Å²) in [7, 11) is 0. The Morgan fingerprint density at radius 1 is 1.57 bits per heavy atom. The van der Waals surface area contributed by atoms with Crippen LogP contribution in [-0.2, 0) is 0 Å². The lowest BCUT2D eigenvalue weighted by Gasteiger charge is -2.12. The summed E-state index contributed by atoms with van der Waals surface area (Å²) in [5, 5.41) is 0. The zero-order chi connectivity index (χ0) is 9.97. The predicted molar refractivity (Wildman–Crippen MR) is 58.8 cm³/mol. The van der Waals surface area contributed by atoms with Crippen molar-refractivity contribution in [1.29, 1.82) is 0 Å². The monoisotopic (exact) mass is 208 g/mol. The standard InChI is InChI=1S/C10H12N2OS/c1-7(5-11)13-8-3-2-4-9-10(8)12-6-14-9/h2-4,6-7H,5,11H2,1H3. The van der Waals surface area contributed by atoms with Crippen LogP contribution in [0.3, 0.4) is 0 Å². The van der Waals surface area contributed by atoms with E-state index in [4.69, 9.17) is 10.5 Å². The maximum Gasteiger partial charge on any atom is 0.146 e. The molecule has 1 unspecified atom stereocenters. The van der Waals surface area contributed by atoms with Crippen LogP contribution in [0.5, 0.6) is 5.75 Å². The molecule has 0 spiro atoms. The first-order valence-corrected chi connectivity index (χ1v) is 5.38. The molecule has 0 saturated heterocycles. The van der Waals surface area contributed by atoms with E-state index in [0.29, 0.717) is 6.54 Å². The van der Waals surface area contributed by atoms with Gasteiger partial charge in [-0.2, -0.15) is 0 Å². The van der Waals surface area contributed by atoms with Gasteiger partial charge in [-0.25, -0.2) is 4.98 Å². The quantitative estimate of drug-likeness (QED) is 0.839. The number of benzene rings is 1. The number of hydrogen-bond acceptors (Lipinski definition) is 4. The molecule has 0 radical (unpaired) electrons. The number of fused-ring (bicyclic) bond motifs is 1. The normalized spacial score (nSPS) is 13.0. The van der Waals surface area contributed by atoms with Crippen LogP contribution in [0.1, 0.15) is 6.92 Å². The second kappa shape index (κ2) is 3.94. The summed E-state index contributed by atoms with van der Waals surface area (Å²) in [5.74, 6) is 0.821. The summed E-state index contributed by atoms with van der Waals surface area (Å²) in [6, 6.07) is 5.93. The Morgan fingerprint density at radius 2 is 2.43 bits per heavy atom. The number of aromatic nitrogens is 1. The highest BCUT2D eigenvalue weighted by Crippen LogP contribution is 2.27. The van der Waals surface area contributed by atoms with Crippen LogP contribution >= 0.6 is 11.3 Å². The Bertz CT molecular complexity index is 427. The largest absolute Gasteiger partial charge is 0.487 e. The smallest absolute Gasteiger partial charge is 0.146 e. The minimum Gasteiger partial charge on any atom is -0.487 e. The summed E-state index contributed by atoms with van der Waals surface area (Å²) in [4.78, 5) is 4.26. The molecule has 1 atom stereocenters. The lowest BCUT2D eigenvalue weighted by atomic mass is 10.3. The van der Waals surface area contributed by atoms with Crippen molar-refractivity contribution >= 4 is 21.6 Å². The second-order valence-electron chi connectivity index (χ2n) is 3.12. The molecule has 0 aliphatic rings. The average Bonchev–Trinajstić information content (AvgIpc) is 2.66. The molecule has 0 aliphatic carbocycles. The summed E-state index contributed by atoms with van der Waals surface area (Å²) >= 11 is 1.61. The molecule has 1 aromatic heterocycles. The van der Waals surface area contributed by atoms with Crippen LogP contribution < -0.4 is 10.5 Å². The maximum absolute atomic E-state index is 5.65. The van der Waals surface area contributed by atoms with E-state index in [1.54, 1.807) is 11.3 Å². The first kappa shape index (κ1) is 9.43. The molecular formula is C10H12N2OS. The van der Waals surface area contributed by atoms with Crippen molar-refractivity contribution in [3.8, 4) is 5.75 Å². The molecule has 0 aliphatic heterocycles. The molecule has 2 N–H and O–H groups in total. The Labute approximate surface area is 86.5 Å². The molecule has 2 aromatic rings. The van der Waals surface area contributed by atoms with E-state index in [1.165, 1.54) is 0 Å². The molecule has 74 valence electrons. The number of nitrogens with zero attached hydrogens (tertiary/aromatic N) is 1. The van der Waals surface area contributed by atoms with Crippen molar-refractivity contribution in [2.45, 2.75) is 13.0 Å². The van der Waals surface area contributed by atoms with Crippen molar-refractivity contribution in [3.63, 3.8) is 0 Å². The third-order valence-corrected chi connectivity index (χ3v) is 2.78. The van der Waals surface area contributed by atoms with Crippen molar-refractivity contribution < 1.29 is 4.74 Å². The van der Waals surface area contributed by atoms with E-state index in [0.717, 1.165) is 16.0 Å². The Morgan fingerprint density at radius 3 is 3.21 bits per heavy atom. The molecule has 1 heterocycles. The molecule has 0 saturated carbocycles. The van der Waals surface area contributed by atoms with Gasteiger partial charge in [0.15, 0.2) is 0 Å². The summed E-state index contributed by atoms with van der Waals surface area (Å²) in [5.41, 5.74) is 8.25. The van der Waals surface area contributed by atoms with E-state index in [-0.39, 0.29) is 6.10 Å². The lowest BCUT2D eigenvalue weighted by molar-refractivity contribution is 0.232. The van der Waals surface area contributed by atoms with Gasteiger partial charge in [0.1, 0.15) is 17.4 Å². The van der Waals surface area contributed by atoms with Gasteiger partial charge < -0.3 is 10.5 Å². The van der Waals surface area contributed by atoms with E-state index in [1.807, 2.05) is 30.6 Å². The first-order chi connectivity index (χ1) is 6.81. The third kappa shape index (κ3) is 1.71. The molecule has 0 fully saturated rings. The number of ether oxygens (including phenoxy) is 1. The van der Waals surface area contributed by atoms with Gasteiger partial charge in [-0.05, 0) is 19.1 Å². The fourth-order valence-electron chi connectivity index (χ4n) is 1.22. The van der Waals surface area contributed by atoms with E-state index >= 15 is 0 Å². The molecular weight excluding hydrogens is 196 g/mol. The van der Waals surface area contributed by atoms with E-state index < -0.39 is 0 Å². The van der Waals surface area contributed by atoms with E-state index in [2.05, 4.69) is 4.98 Å². The van der Waals surface area contributed by atoms with Gasteiger partial charge in [0.2, 0.25) is 0 Å². The number of rotatable bonds is 3. The summed E-state index contributed by atoms with van der Waals surface area (Å²) in [6.45, 7) is 2.46. The zero-order valence-corrected chi connectivity index (χ0v) is 8.75. The lowest BCUT2D eigenvalue weighted by Crippen LogP contribution is -2.22. The third-order valence-electron chi connectivity index (χ3n) is 1.98. The number of hydrogen-bond donors (Lipinski definition) is 1. The predicted octanol–water partition coefficient (Wildman–Crippen LogP) is 2.02. The van der Waals surface area contributed by atoms with Crippen molar-refractivity contribution in [1.82, 2.24) is 4.98 Å². The summed E-state index contributed by atoms with van der Waals surface area (Å²) in [6.07, 6.45) is 0.0299. The Kier molecular flexibility index (Phi) is 2.65. The van der Waals surface area contributed by atoms with Gasteiger partial charge in [-0.1, -0.05) is 6.07 Å². The molecule has 14 heavy (non-hydrogen) atoms. The van der Waals surface area contributed by atoms with Gasteiger partial charge in [-0.3, -0.25) is 0 Å². The van der Waals surface area contributed by atoms with Crippen molar-refractivity contribution in [3.05, 3.63) is 23.7 Å². The molecule has 3 nitrogen and oxygen atoms in total. The minimum absolute atomic E-state index is 0.0299. The molecule has 1 aromatic carbocycles. The molecule has 0 amide bonds. The highest BCUT2D eigenvalue weighted by molar-refractivity contribution is 7.16. The van der Waals surface area contributed by atoms with Gasteiger partial charge >= 0.3 is 0 Å². The van der Waals surface area contributed by atoms with Gasteiger partial charge in [0.25, 0.3) is 0 Å². The molecule has 4 heteroatoms. The number of thiazole rings is 1. The second-order valence-corrected chi connectivity index (χ2v) is 4.01. The zero-order valence-electron chi connectivity index (χ0n) is 7.93. The van der Waals surface area contributed by atoms with Gasteiger partial charge in [0.05, 0.1) is 10.2 Å². The first-order valence-electron chi connectivity index (χ1n) is 4.50. The fraction of sp³-hybridized carbons (Fsp3) is 0.300. The highest BCUT2D eigenvalue weighted by atomic mass is 32.1. The highest BCUT2D eigenvalue weighted by Gasteiger charge is 2.07. The molecule has 0 bridgehead atoms. The topological polar surface area (TPSA) is 48.1 Å². The van der Waals surface area contributed by atoms with E-state index in [9.17, 15) is 0 Å². The number of nitrogens with two attached hydrogens (primary N) is 1. The van der Waals surface area contributed by atoms with Crippen LogP contribution in [0, 0.1) is 0 Å². The fourth-order valence-corrected chi connectivity index (χ4v) is 1.91. The van der Waals surface area contributed by atoms with Gasteiger partial charge in [0, 0.05) is 6.54 Å². The summed E-state index contributed by atoms with van der Waals surface area (Å²) < 4.78 is 6.80. The SMILES string of the molecule is CC(CN)Oc1cccc2scnc12. The average molecular weight is 208 g/mol.